The van der Waals surface area contributed by atoms with Crippen molar-refractivity contribution < 1.29 is 0 Å². The van der Waals surface area contributed by atoms with Gasteiger partial charge in [-0.15, -0.1) is 0 Å². The van der Waals surface area contributed by atoms with Gasteiger partial charge in [-0.05, 0) is 18.1 Å². The molecular formula is C6H13N. The van der Waals surface area contributed by atoms with Crippen molar-refractivity contribution in [3.05, 3.63) is 0 Å². The van der Waals surface area contributed by atoms with Crippen LogP contribution in [0.2, 0.25) is 0 Å². The lowest BCUT2D eigenvalue weighted by atomic mass is 10.0. The molecule has 7 heavy (non-hydrogen) atoms. The Morgan fingerprint density at radius 1 is 1.29 bits per heavy atom. The van der Waals surface area contributed by atoms with E-state index in [0.717, 1.165) is 0 Å². The molecule has 0 aliphatic heterocycles. The molecule has 0 aliphatic carbocycles. The van der Waals surface area contributed by atoms with Gasteiger partial charge in [-0.2, -0.15) is 0 Å². The van der Waals surface area contributed by atoms with E-state index < -0.39 is 0 Å². The van der Waals surface area contributed by atoms with Gasteiger partial charge in [0.05, 0.1) is 0 Å². The highest BCUT2D eigenvalue weighted by Crippen LogP contribution is 2.04. The van der Waals surface area contributed by atoms with E-state index in [4.69, 9.17) is 5.41 Å². The van der Waals surface area contributed by atoms with E-state index in [1.165, 1.54) is 6.21 Å². The molecular weight excluding hydrogens is 86.1 g/mol. The van der Waals surface area contributed by atoms with Crippen molar-refractivity contribution in [2.45, 2.75) is 20.8 Å². The van der Waals surface area contributed by atoms with Gasteiger partial charge in [0.15, 0.2) is 0 Å². The van der Waals surface area contributed by atoms with Crippen LogP contribution < -0.4 is 0 Å². The highest BCUT2D eigenvalue weighted by Gasteiger charge is 1.99. The van der Waals surface area contributed by atoms with E-state index in [2.05, 4.69) is 20.8 Å². The normalized spacial score (nSPS) is 14.3. The van der Waals surface area contributed by atoms with Crippen molar-refractivity contribution in [1.82, 2.24) is 0 Å². The Morgan fingerprint density at radius 3 is 1.71 bits per heavy atom. The van der Waals surface area contributed by atoms with Crippen molar-refractivity contribution >= 4 is 6.21 Å². The summed E-state index contributed by atoms with van der Waals surface area (Å²) in [7, 11) is 0. The average Bonchev–Trinajstić information content (AvgIpc) is 1.65. The number of hydrogen-bond acceptors (Lipinski definition) is 1. The summed E-state index contributed by atoms with van der Waals surface area (Å²) in [6, 6.07) is 0. The number of hydrogen-bond donors (Lipinski definition) is 1. The maximum Gasteiger partial charge on any atom is -0.00169 e. The molecule has 0 radical (unpaired) electrons. The summed E-state index contributed by atoms with van der Waals surface area (Å²) >= 11 is 0. The lowest BCUT2D eigenvalue weighted by molar-refractivity contribution is 0.539. The smallest absolute Gasteiger partial charge is 0.00169 e. The molecule has 0 aliphatic rings. The molecule has 0 aromatic rings. The lowest BCUT2D eigenvalue weighted by Gasteiger charge is -2.06. The van der Waals surface area contributed by atoms with Crippen molar-refractivity contribution in [3.8, 4) is 0 Å². The van der Waals surface area contributed by atoms with Crippen LogP contribution in [0.15, 0.2) is 0 Å². The SMILES string of the molecule is CC(C)C(C)C=N. The van der Waals surface area contributed by atoms with Crippen molar-refractivity contribution in [3.63, 3.8) is 0 Å². The fourth-order valence-corrected chi connectivity index (χ4v) is 0.192. The van der Waals surface area contributed by atoms with E-state index >= 15 is 0 Å². The molecule has 1 nitrogen and oxygen atoms in total. The first-order valence-corrected chi connectivity index (χ1v) is 2.69. The summed E-state index contributed by atoms with van der Waals surface area (Å²) in [5.41, 5.74) is 0. The van der Waals surface area contributed by atoms with Gasteiger partial charge in [-0.3, -0.25) is 0 Å². The van der Waals surface area contributed by atoms with Gasteiger partial charge in [0.1, 0.15) is 0 Å². The second-order valence-corrected chi connectivity index (χ2v) is 2.27. The minimum absolute atomic E-state index is 0.444. The van der Waals surface area contributed by atoms with Crippen LogP contribution in [-0.4, -0.2) is 6.21 Å². The molecule has 0 heterocycles. The summed E-state index contributed by atoms with van der Waals surface area (Å²) in [5.74, 6) is 1.07. The van der Waals surface area contributed by atoms with Crippen LogP contribution in [0.3, 0.4) is 0 Å². The zero-order chi connectivity index (χ0) is 5.86. The molecule has 42 valence electrons. The summed E-state index contributed by atoms with van der Waals surface area (Å²) in [4.78, 5) is 0. The maximum absolute atomic E-state index is 6.81. The van der Waals surface area contributed by atoms with Crippen molar-refractivity contribution in [1.29, 1.82) is 5.41 Å². The van der Waals surface area contributed by atoms with Gasteiger partial charge in [-0.25, -0.2) is 0 Å². The standard InChI is InChI=1S/C6H13N/c1-5(2)6(3)4-7/h4-7H,1-3H3. The first-order chi connectivity index (χ1) is 3.18. The Labute approximate surface area is 45.2 Å². The van der Waals surface area contributed by atoms with Crippen LogP contribution in [0.5, 0.6) is 0 Å². The molecule has 0 amide bonds. The first kappa shape index (κ1) is 6.67. The molecule has 0 saturated carbocycles. The van der Waals surface area contributed by atoms with Crippen LogP contribution in [0, 0.1) is 17.2 Å². The van der Waals surface area contributed by atoms with Crippen LogP contribution >= 0.6 is 0 Å². The van der Waals surface area contributed by atoms with Crippen LogP contribution in [-0.2, 0) is 0 Å². The molecule has 0 aromatic heterocycles. The quantitative estimate of drug-likeness (QED) is 0.511. The zero-order valence-corrected chi connectivity index (χ0v) is 5.23. The second-order valence-electron chi connectivity index (χ2n) is 2.27. The largest absolute Gasteiger partial charge is 0.313 e. The predicted molar refractivity (Wildman–Crippen MR) is 32.8 cm³/mol. The Morgan fingerprint density at radius 2 is 1.71 bits per heavy atom. The minimum Gasteiger partial charge on any atom is -0.313 e. The average molecular weight is 99.2 g/mol. The van der Waals surface area contributed by atoms with E-state index in [1.807, 2.05) is 0 Å². The fraction of sp³-hybridized carbons (Fsp3) is 0.833. The Bertz CT molecular complexity index is 57.2. The third-order valence-electron chi connectivity index (χ3n) is 1.31. The third kappa shape index (κ3) is 2.38. The molecule has 1 atom stereocenters. The molecule has 0 spiro atoms. The minimum atomic E-state index is 0.444. The number of rotatable bonds is 2. The molecule has 0 saturated heterocycles. The number of nitrogens with one attached hydrogen (secondary N) is 1. The maximum atomic E-state index is 6.81. The van der Waals surface area contributed by atoms with Gasteiger partial charge in [-0.1, -0.05) is 20.8 Å². The molecule has 0 fully saturated rings. The third-order valence-corrected chi connectivity index (χ3v) is 1.31. The van der Waals surface area contributed by atoms with E-state index in [9.17, 15) is 0 Å². The van der Waals surface area contributed by atoms with Crippen LogP contribution in [0.1, 0.15) is 20.8 Å². The summed E-state index contributed by atoms with van der Waals surface area (Å²) in [6.07, 6.45) is 1.49. The summed E-state index contributed by atoms with van der Waals surface area (Å²) < 4.78 is 0. The van der Waals surface area contributed by atoms with Crippen LogP contribution in [0.25, 0.3) is 0 Å². The zero-order valence-electron chi connectivity index (χ0n) is 5.23. The predicted octanol–water partition coefficient (Wildman–Crippen LogP) is 1.93. The topological polar surface area (TPSA) is 23.9 Å². The Hall–Kier alpha value is -0.330. The van der Waals surface area contributed by atoms with E-state index in [-0.39, 0.29) is 0 Å². The van der Waals surface area contributed by atoms with Gasteiger partial charge in [0.25, 0.3) is 0 Å². The second kappa shape index (κ2) is 2.78. The molecule has 1 N–H and O–H groups in total. The van der Waals surface area contributed by atoms with Crippen molar-refractivity contribution in [2.75, 3.05) is 0 Å². The summed E-state index contributed by atoms with van der Waals surface area (Å²) in [6.45, 7) is 6.29. The summed E-state index contributed by atoms with van der Waals surface area (Å²) in [5, 5.41) is 6.81. The van der Waals surface area contributed by atoms with E-state index in [1.54, 1.807) is 0 Å². The lowest BCUT2D eigenvalue weighted by Crippen LogP contribution is -2.03. The van der Waals surface area contributed by atoms with Gasteiger partial charge in [0.2, 0.25) is 0 Å². The first-order valence-electron chi connectivity index (χ1n) is 2.69. The molecule has 0 aromatic carbocycles. The molecule has 0 rings (SSSR count). The molecule has 1 heteroatoms. The van der Waals surface area contributed by atoms with Gasteiger partial charge >= 0.3 is 0 Å². The van der Waals surface area contributed by atoms with Crippen molar-refractivity contribution in [2.24, 2.45) is 11.8 Å². The monoisotopic (exact) mass is 99.1 g/mol. The highest BCUT2D eigenvalue weighted by atomic mass is 14.3. The molecule has 0 bridgehead atoms. The van der Waals surface area contributed by atoms with Gasteiger partial charge in [0, 0.05) is 0 Å². The highest BCUT2D eigenvalue weighted by molar-refractivity contribution is 5.56. The molecule has 1 unspecified atom stereocenters. The van der Waals surface area contributed by atoms with Gasteiger partial charge < -0.3 is 5.41 Å². The Kier molecular flexibility index (Phi) is 2.65. The van der Waals surface area contributed by atoms with Crippen LogP contribution in [0.4, 0.5) is 0 Å². The fourth-order valence-electron chi connectivity index (χ4n) is 0.192. The Balaban J connectivity index is 3.33. The van der Waals surface area contributed by atoms with E-state index in [0.29, 0.717) is 11.8 Å².